The van der Waals surface area contributed by atoms with Crippen LogP contribution >= 0.6 is 0 Å². The van der Waals surface area contributed by atoms with Gasteiger partial charge in [0.25, 0.3) is 0 Å². The van der Waals surface area contributed by atoms with Gasteiger partial charge in [0.1, 0.15) is 0 Å². The second-order valence-electron chi connectivity index (χ2n) is 5.55. The van der Waals surface area contributed by atoms with E-state index >= 15 is 0 Å². The fourth-order valence-electron chi connectivity index (χ4n) is 2.34. The van der Waals surface area contributed by atoms with E-state index < -0.39 is 10.8 Å². The minimum Gasteiger partial charge on any atom is -0.399 e. The number of rotatable bonds is 10. The summed E-state index contributed by atoms with van der Waals surface area (Å²) < 4.78 is 12.2. The zero-order valence-corrected chi connectivity index (χ0v) is 13.8. The Kier molecular flexibility index (Phi) is 8.59. The minimum absolute atomic E-state index is 0.704. The molecular weight excluding hydrogens is 266 g/mol. The molecule has 1 rings (SSSR count). The van der Waals surface area contributed by atoms with E-state index in [1.54, 1.807) is 0 Å². The van der Waals surface area contributed by atoms with E-state index in [2.05, 4.69) is 6.92 Å². The summed E-state index contributed by atoms with van der Waals surface area (Å²) in [4.78, 5) is 0.910. The molecule has 0 amide bonds. The molecule has 0 saturated carbocycles. The Bertz CT molecular complexity index is 417. The normalized spacial score (nSPS) is 12.5. The number of anilines is 1. The van der Waals surface area contributed by atoms with Crippen LogP contribution in [0, 0.1) is 6.92 Å². The Hall–Kier alpha value is -0.830. The van der Waals surface area contributed by atoms with Crippen molar-refractivity contribution in [3.8, 4) is 0 Å². The van der Waals surface area contributed by atoms with Crippen molar-refractivity contribution in [2.24, 2.45) is 0 Å². The highest BCUT2D eigenvalue weighted by Crippen LogP contribution is 2.18. The van der Waals surface area contributed by atoms with Crippen molar-refractivity contribution >= 4 is 16.5 Å². The highest BCUT2D eigenvalue weighted by Gasteiger charge is 2.07. The summed E-state index contributed by atoms with van der Waals surface area (Å²) in [5.41, 5.74) is 7.55. The lowest BCUT2D eigenvalue weighted by Gasteiger charge is -2.07. The van der Waals surface area contributed by atoms with Crippen molar-refractivity contribution < 1.29 is 4.21 Å². The van der Waals surface area contributed by atoms with Gasteiger partial charge in [-0.3, -0.25) is 4.21 Å². The molecule has 0 spiro atoms. The van der Waals surface area contributed by atoms with E-state index in [9.17, 15) is 4.21 Å². The molecular formula is C17H29NOS. The molecule has 2 N–H and O–H groups in total. The van der Waals surface area contributed by atoms with E-state index in [4.69, 9.17) is 5.73 Å². The molecule has 0 aliphatic carbocycles. The zero-order valence-electron chi connectivity index (χ0n) is 13.0. The number of nitrogens with two attached hydrogens (primary N) is 1. The quantitative estimate of drug-likeness (QED) is 0.496. The molecule has 0 fully saturated rings. The number of aryl methyl sites for hydroxylation is 1. The number of hydrogen-bond acceptors (Lipinski definition) is 2. The van der Waals surface area contributed by atoms with Crippen LogP contribution in [0.2, 0.25) is 0 Å². The summed E-state index contributed by atoms with van der Waals surface area (Å²) in [5.74, 6) is 0.763. The molecule has 3 heteroatoms. The largest absolute Gasteiger partial charge is 0.399 e. The zero-order chi connectivity index (χ0) is 14.8. The molecule has 0 saturated heterocycles. The molecule has 0 bridgehead atoms. The Morgan fingerprint density at radius 3 is 2.25 bits per heavy atom. The molecule has 0 aliphatic rings. The number of unbranched alkanes of at least 4 members (excludes halogenated alkanes) is 7. The van der Waals surface area contributed by atoms with Gasteiger partial charge in [-0.1, -0.05) is 57.9 Å². The van der Waals surface area contributed by atoms with Crippen LogP contribution in [0.5, 0.6) is 0 Å². The maximum Gasteiger partial charge on any atom is 0.0532 e. The average molecular weight is 295 g/mol. The number of benzene rings is 1. The fourth-order valence-corrected chi connectivity index (χ4v) is 3.72. The van der Waals surface area contributed by atoms with Gasteiger partial charge >= 0.3 is 0 Å². The van der Waals surface area contributed by atoms with Crippen LogP contribution in [-0.2, 0) is 10.8 Å². The second-order valence-corrected chi connectivity index (χ2v) is 7.09. The van der Waals surface area contributed by atoms with Crippen molar-refractivity contribution in [2.45, 2.75) is 70.1 Å². The van der Waals surface area contributed by atoms with Crippen molar-refractivity contribution in [3.05, 3.63) is 23.8 Å². The van der Waals surface area contributed by atoms with Crippen molar-refractivity contribution in [1.29, 1.82) is 0 Å². The molecule has 0 aliphatic heterocycles. The van der Waals surface area contributed by atoms with E-state index in [1.165, 1.54) is 44.9 Å². The van der Waals surface area contributed by atoms with Gasteiger partial charge in [0.15, 0.2) is 0 Å². The van der Waals surface area contributed by atoms with Crippen LogP contribution in [-0.4, -0.2) is 9.96 Å². The molecule has 1 aromatic rings. The average Bonchev–Trinajstić information content (AvgIpc) is 2.44. The van der Waals surface area contributed by atoms with E-state index in [-0.39, 0.29) is 0 Å². The summed E-state index contributed by atoms with van der Waals surface area (Å²) in [6.07, 6.45) is 10.2. The third-order valence-corrected chi connectivity index (χ3v) is 5.23. The van der Waals surface area contributed by atoms with Crippen LogP contribution in [0.4, 0.5) is 5.69 Å². The van der Waals surface area contributed by atoms with Gasteiger partial charge in [0.05, 0.1) is 10.8 Å². The molecule has 20 heavy (non-hydrogen) atoms. The summed E-state index contributed by atoms with van der Waals surface area (Å²) in [5, 5.41) is 0. The first-order valence-corrected chi connectivity index (χ1v) is 9.21. The van der Waals surface area contributed by atoms with E-state index in [0.29, 0.717) is 5.69 Å². The molecule has 1 atom stereocenters. The summed E-state index contributed by atoms with van der Waals surface area (Å²) in [7, 11) is -0.895. The Balaban J connectivity index is 2.18. The SMILES string of the molecule is CCCCCCCCCCS(=O)c1cc(N)ccc1C. The molecule has 0 radical (unpaired) electrons. The van der Waals surface area contributed by atoms with Crippen molar-refractivity contribution in [3.63, 3.8) is 0 Å². The van der Waals surface area contributed by atoms with Crippen LogP contribution in [0.1, 0.15) is 63.9 Å². The standard InChI is InChI=1S/C17H29NOS/c1-3-4-5-6-7-8-9-10-13-20(19)17-14-16(18)12-11-15(17)2/h11-12,14H,3-10,13,18H2,1-2H3. The van der Waals surface area contributed by atoms with Crippen LogP contribution < -0.4 is 5.73 Å². The van der Waals surface area contributed by atoms with Gasteiger partial charge in [-0.15, -0.1) is 0 Å². The molecule has 0 aromatic heterocycles. The van der Waals surface area contributed by atoms with Gasteiger partial charge in [-0.2, -0.15) is 0 Å². The van der Waals surface area contributed by atoms with Gasteiger partial charge in [0, 0.05) is 16.3 Å². The topological polar surface area (TPSA) is 43.1 Å². The molecule has 0 heterocycles. The Labute approximate surface area is 126 Å². The first kappa shape index (κ1) is 17.2. The van der Waals surface area contributed by atoms with Gasteiger partial charge in [0.2, 0.25) is 0 Å². The minimum atomic E-state index is -0.895. The van der Waals surface area contributed by atoms with E-state index in [0.717, 1.165) is 22.6 Å². The molecule has 1 unspecified atom stereocenters. The van der Waals surface area contributed by atoms with Crippen LogP contribution in [0.15, 0.2) is 23.1 Å². The smallest absolute Gasteiger partial charge is 0.0532 e. The van der Waals surface area contributed by atoms with Crippen LogP contribution in [0.3, 0.4) is 0 Å². The molecule has 1 aromatic carbocycles. The third kappa shape index (κ3) is 6.56. The predicted octanol–water partition coefficient (Wildman–Crippen LogP) is 4.83. The van der Waals surface area contributed by atoms with E-state index in [1.807, 2.05) is 25.1 Å². The lowest BCUT2D eigenvalue weighted by molar-refractivity contribution is 0.584. The number of nitrogen functional groups attached to an aromatic ring is 1. The second kappa shape index (κ2) is 9.98. The molecule has 114 valence electrons. The van der Waals surface area contributed by atoms with Gasteiger partial charge in [-0.05, 0) is 31.0 Å². The Morgan fingerprint density at radius 2 is 1.60 bits per heavy atom. The third-order valence-electron chi connectivity index (χ3n) is 3.64. The van der Waals surface area contributed by atoms with Crippen LogP contribution in [0.25, 0.3) is 0 Å². The molecule has 2 nitrogen and oxygen atoms in total. The summed E-state index contributed by atoms with van der Waals surface area (Å²) in [6.45, 7) is 4.24. The van der Waals surface area contributed by atoms with Gasteiger partial charge < -0.3 is 5.73 Å². The predicted molar refractivity (Wildman–Crippen MR) is 89.5 cm³/mol. The number of hydrogen-bond donors (Lipinski definition) is 1. The first-order valence-electron chi connectivity index (χ1n) is 7.89. The summed E-state index contributed by atoms with van der Waals surface area (Å²) >= 11 is 0. The maximum atomic E-state index is 12.2. The summed E-state index contributed by atoms with van der Waals surface area (Å²) in [6, 6.07) is 5.68. The van der Waals surface area contributed by atoms with Crippen molar-refractivity contribution in [2.75, 3.05) is 11.5 Å². The first-order chi connectivity index (χ1) is 9.65. The van der Waals surface area contributed by atoms with Gasteiger partial charge in [-0.25, -0.2) is 0 Å². The van der Waals surface area contributed by atoms with Crippen molar-refractivity contribution in [1.82, 2.24) is 0 Å². The fraction of sp³-hybridized carbons (Fsp3) is 0.647. The highest BCUT2D eigenvalue weighted by molar-refractivity contribution is 7.85. The maximum absolute atomic E-state index is 12.2. The Morgan fingerprint density at radius 1 is 1.00 bits per heavy atom. The highest BCUT2D eigenvalue weighted by atomic mass is 32.2. The lowest BCUT2D eigenvalue weighted by Crippen LogP contribution is -2.01. The monoisotopic (exact) mass is 295 g/mol. The lowest BCUT2D eigenvalue weighted by atomic mass is 10.1.